The van der Waals surface area contributed by atoms with Crippen LogP contribution in [0.5, 0.6) is 5.75 Å². The Morgan fingerprint density at radius 1 is 1.24 bits per heavy atom. The number of ether oxygens (including phenoxy) is 1. The minimum Gasteiger partial charge on any atom is -1.00 e. The summed E-state index contributed by atoms with van der Waals surface area (Å²) in [4.78, 5) is 1.78. The number of aliphatic hydroxyl groups is 3. The van der Waals surface area contributed by atoms with Gasteiger partial charge in [0, 0.05) is 24.7 Å². The molecule has 1 aromatic carbocycles. The van der Waals surface area contributed by atoms with Crippen LogP contribution in [0.15, 0.2) is 18.2 Å². The van der Waals surface area contributed by atoms with Gasteiger partial charge in [0.15, 0.2) is 0 Å². The Labute approximate surface area is 136 Å². The quantitative estimate of drug-likeness (QED) is 0.471. The van der Waals surface area contributed by atoms with Crippen molar-refractivity contribution in [2.75, 3.05) is 39.5 Å². The molecule has 0 spiro atoms. The van der Waals surface area contributed by atoms with Gasteiger partial charge in [0.2, 0.25) is 0 Å². The highest BCUT2D eigenvalue weighted by Crippen LogP contribution is 2.21. The number of aliphatic hydroxyl groups excluding tert-OH is 3. The van der Waals surface area contributed by atoms with Gasteiger partial charge in [-0.2, -0.15) is 0 Å². The lowest BCUT2D eigenvalue weighted by atomic mass is 10.2. The Bertz CT molecular complexity index is 401. The van der Waals surface area contributed by atoms with E-state index in [2.05, 4.69) is 0 Å². The Morgan fingerprint density at radius 2 is 1.86 bits per heavy atom. The second kappa shape index (κ2) is 11.1. The molecule has 1 rings (SSSR count). The fourth-order valence-electron chi connectivity index (χ4n) is 1.83. The molecular weight excluding hydrogens is 317 g/mol. The smallest absolute Gasteiger partial charge is 0.119 e. The first kappa shape index (κ1) is 20.4. The highest BCUT2D eigenvalue weighted by molar-refractivity contribution is 6.31. The van der Waals surface area contributed by atoms with Crippen LogP contribution in [-0.4, -0.2) is 65.8 Å². The summed E-state index contributed by atoms with van der Waals surface area (Å²) in [5.41, 5.74) is 0.917. The van der Waals surface area contributed by atoms with Crippen molar-refractivity contribution in [1.82, 2.24) is 4.90 Å². The Hall–Kier alpha value is -0.560. The molecule has 5 nitrogen and oxygen atoms in total. The predicted molar refractivity (Wildman–Crippen MR) is 78.3 cm³/mol. The lowest BCUT2D eigenvalue weighted by Crippen LogP contribution is -3.00. The SMILES string of the molecule is Cc1cc(OCC(O)CN(CCO)CCO)ccc1Cl.[Cl-]. The van der Waals surface area contributed by atoms with E-state index in [1.807, 2.05) is 13.0 Å². The number of halogens is 2. The van der Waals surface area contributed by atoms with Gasteiger partial charge >= 0.3 is 0 Å². The zero-order valence-corrected chi connectivity index (χ0v) is 13.5. The van der Waals surface area contributed by atoms with Crippen LogP contribution >= 0.6 is 11.6 Å². The average Bonchev–Trinajstić information content (AvgIpc) is 2.41. The van der Waals surface area contributed by atoms with Crippen LogP contribution in [-0.2, 0) is 0 Å². The van der Waals surface area contributed by atoms with E-state index in [0.717, 1.165) is 5.56 Å². The van der Waals surface area contributed by atoms with Crippen LogP contribution < -0.4 is 17.1 Å². The molecule has 0 aliphatic rings. The molecule has 122 valence electrons. The molecule has 0 heterocycles. The fraction of sp³-hybridized carbons (Fsp3) is 0.571. The van der Waals surface area contributed by atoms with Crippen molar-refractivity contribution in [1.29, 1.82) is 0 Å². The van der Waals surface area contributed by atoms with Crippen molar-refractivity contribution in [3.8, 4) is 5.75 Å². The molecule has 0 aliphatic carbocycles. The van der Waals surface area contributed by atoms with Gasteiger partial charge < -0.3 is 32.5 Å². The van der Waals surface area contributed by atoms with Crippen LogP contribution in [0.2, 0.25) is 5.02 Å². The summed E-state index contributed by atoms with van der Waals surface area (Å²) < 4.78 is 5.50. The van der Waals surface area contributed by atoms with E-state index >= 15 is 0 Å². The summed E-state index contributed by atoms with van der Waals surface area (Å²) in [6.45, 7) is 3.18. The molecule has 3 N–H and O–H groups in total. The molecule has 0 radical (unpaired) electrons. The maximum Gasteiger partial charge on any atom is 0.119 e. The molecule has 7 heteroatoms. The van der Waals surface area contributed by atoms with Crippen molar-refractivity contribution in [3.05, 3.63) is 28.8 Å². The number of hydrogen-bond acceptors (Lipinski definition) is 5. The van der Waals surface area contributed by atoms with Crippen molar-refractivity contribution >= 4 is 11.6 Å². The molecule has 1 unspecified atom stereocenters. The summed E-state index contributed by atoms with van der Waals surface area (Å²) in [7, 11) is 0. The Morgan fingerprint density at radius 3 is 2.38 bits per heavy atom. The van der Waals surface area contributed by atoms with Gasteiger partial charge in [-0.1, -0.05) is 11.6 Å². The van der Waals surface area contributed by atoms with E-state index in [9.17, 15) is 5.11 Å². The van der Waals surface area contributed by atoms with Crippen molar-refractivity contribution in [3.63, 3.8) is 0 Å². The van der Waals surface area contributed by atoms with Crippen molar-refractivity contribution < 1.29 is 32.5 Å². The molecule has 0 bridgehead atoms. The second-order valence-electron chi connectivity index (χ2n) is 4.62. The third kappa shape index (κ3) is 7.85. The first-order chi connectivity index (χ1) is 9.56. The first-order valence-electron chi connectivity index (χ1n) is 6.58. The summed E-state index contributed by atoms with van der Waals surface area (Å²) in [5.74, 6) is 0.654. The predicted octanol–water partition coefficient (Wildman–Crippen LogP) is -2.32. The van der Waals surface area contributed by atoms with E-state index in [4.69, 9.17) is 26.6 Å². The van der Waals surface area contributed by atoms with Crippen LogP contribution in [0.3, 0.4) is 0 Å². The normalized spacial score (nSPS) is 12.1. The number of rotatable bonds is 9. The fourth-order valence-corrected chi connectivity index (χ4v) is 1.94. The van der Waals surface area contributed by atoms with Crippen LogP contribution in [0.4, 0.5) is 0 Å². The summed E-state index contributed by atoms with van der Waals surface area (Å²) >= 11 is 5.92. The second-order valence-corrected chi connectivity index (χ2v) is 5.03. The van der Waals surface area contributed by atoms with E-state index in [-0.39, 0.29) is 32.2 Å². The van der Waals surface area contributed by atoms with Gasteiger partial charge in [0.1, 0.15) is 18.5 Å². The van der Waals surface area contributed by atoms with Gasteiger partial charge in [-0.05, 0) is 30.7 Å². The molecule has 21 heavy (non-hydrogen) atoms. The van der Waals surface area contributed by atoms with Crippen LogP contribution in [0.25, 0.3) is 0 Å². The maximum absolute atomic E-state index is 9.90. The topological polar surface area (TPSA) is 73.2 Å². The molecule has 1 aromatic rings. The Balaban J connectivity index is 0.00000400. The number of aryl methyl sites for hydroxylation is 1. The zero-order valence-electron chi connectivity index (χ0n) is 12.0. The molecular formula is C14H22Cl2NO4-. The third-order valence-electron chi connectivity index (χ3n) is 2.87. The van der Waals surface area contributed by atoms with Crippen molar-refractivity contribution in [2.24, 2.45) is 0 Å². The molecule has 0 fully saturated rings. The molecule has 1 atom stereocenters. The Kier molecular flexibility index (Phi) is 10.8. The molecule has 0 saturated carbocycles. The van der Waals surface area contributed by atoms with E-state index < -0.39 is 6.10 Å². The van der Waals surface area contributed by atoms with Gasteiger partial charge in [0.25, 0.3) is 0 Å². The maximum atomic E-state index is 9.90. The lowest BCUT2D eigenvalue weighted by Gasteiger charge is -2.23. The summed E-state index contributed by atoms with van der Waals surface area (Å²) in [5, 5.41) is 28.4. The minimum absolute atomic E-state index is 0. The van der Waals surface area contributed by atoms with Gasteiger partial charge in [-0.3, -0.25) is 4.90 Å². The first-order valence-corrected chi connectivity index (χ1v) is 6.95. The summed E-state index contributed by atoms with van der Waals surface area (Å²) in [6, 6.07) is 5.32. The van der Waals surface area contributed by atoms with E-state index in [1.54, 1.807) is 17.0 Å². The summed E-state index contributed by atoms with van der Waals surface area (Å²) in [6.07, 6.45) is -0.691. The van der Waals surface area contributed by atoms with Crippen molar-refractivity contribution in [2.45, 2.75) is 13.0 Å². The molecule has 0 amide bonds. The van der Waals surface area contributed by atoms with E-state index in [0.29, 0.717) is 30.4 Å². The average molecular weight is 339 g/mol. The molecule has 0 aromatic heterocycles. The standard InChI is InChI=1S/C14H22ClNO4.ClH/c1-11-8-13(2-3-14(11)15)20-10-12(19)9-16(4-6-17)5-7-18;/h2-3,8,12,17-19H,4-7,9-10H2,1H3;1H/p-1. The van der Waals surface area contributed by atoms with Crippen LogP contribution in [0, 0.1) is 6.92 Å². The minimum atomic E-state index is -0.691. The third-order valence-corrected chi connectivity index (χ3v) is 3.30. The number of hydrogen-bond donors (Lipinski definition) is 3. The zero-order chi connectivity index (χ0) is 15.0. The molecule has 0 saturated heterocycles. The monoisotopic (exact) mass is 338 g/mol. The largest absolute Gasteiger partial charge is 1.00 e. The number of nitrogens with zero attached hydrogens (tertiary/aromatic N) is 1. The van der Waals surface area contributed by atoms with Gasteiger partial charge in [0.05, 0.1) is 13.2 Å². The van der Waals surface area contributed by atoms with Crippen LogP contribution in [0.1, 0.15) is 5.56 Å². The van der Waals surface area contributed by atoms with E-state index in [1.165, 1.54) is 0 Å². The number of benzene rings is 1. The lowest BCUT2D eigenvalue weighted by molar-refractivity contribution is -0.0000108. The highest BCUT2D eigenvalue weighted by atomic mass is 35.5. The van der Waals surface area contributed by atoms with Gasteiger partial charge in [-0.25, -0.2) is 0 Å². The highest BCUT2D eigenvalue weighted by Gasteiger charge is 2.12. The van der Waals surface area contributed by atoms with Gasteiger partial charge in [-0.15, -0.1) is 0 Å². The molecule has 0 aliphatic heterocycles.